The Labute approximate surface area is 120 Å². The van der Waals surface area contributed by atoms with Crippen molar-refractivity contribution in [2.24, 2.45) is 5.92 Å². The molecule has 0 aliphatic carbocycles. The zero-order valence-electron chi connectivity index (χ0n) is 12.9. The zero-order valence-corrected chi connectivity index (χ0v) is 12.9. The average Bonchev–Trinajstić information content (AvgIpc) is 2.74. The summed E-state index contributed by atoms with van der Waals surface area (Å²) in [6.07, 6.45) is 0. The van der Waals surface area contributed by atoms with Crippen LogP contribution in [0.5, 0.6) is 11.5 Å². The molecule has 2 aromatic rings. The summed E-state index contributed by atoms with van der Waals surface area (Å²) in [5.74, 6) is 3.10. The van der Waals surface area contributed by atoms with Gasteiger partial charge in [-0.3, -0.25) is 0 Å². The van der Waals surface area contributed by atoms with E-state index >= 15 is 0 Å². The van der Waals surface area contributed by atoms with Crippen molar-refractivity contribution in [3.8, 4) is 11.5 Å². The molecule has 1 N–H and O–H groups in total. The maximum atomic E-state index is 5.94. The van der Waals surface area contributed by atoms with Crippen molar-refractivity contribution < 1.29 is 13.9 Å². The van der Waals surface area contributed by atoms with Gasteiger partial charge in [0.25, 0.3) is 0 Å². The quantitative estimate of drug-likeness (QED) is 0.877. The number of aryl methyl sites for hydroxylation is 1. The maximum Gasteiger partial charge on any atom is 0.142 e. The lowest BCUT2D eigenvalue weighted by atomic mass is 10.1. The topological polar surface area (TPSA) is 43.6 Å². The van der Waals surface area contributed by atoms with Crippen molar-refractivity contribution in [3.63, 3.8) is 0 Å². The van der Waals surface area contributed by atoms with Gasteiger partial charge in [0.2, 0.25) is 0 Å². The van der Waals surface area contributed by atoms with E-state index in [4.69, 9.17) is 13.9 Å². The third-order valence-electron chi connectivity index (χ3n) is 3.36. The van der Waals surface area contributed by atoms with Crippen molar-refractivity contribution in [3.05, 3.63) is 23.5 Å². The molecule has 1 heterocycles. The molecule has 0 saturated heterocycles. The van der Waals surface area contributed by atoms with Crippen LogP contribution in [0, 0.1) is 12.8 Å². The molecule has 0 spiro atoms. The lowest BCUT2D eigenvalue weighted by Gasteiger charge is -2.06. The van der Waals surface area contributed by atoms with Gasteiger partial charge in [-0.05, 0) is 19.4 Å². The molecule has 0 amide bonds. The number of furan rings is 1. The van der Waals surface area contributed by atoms with Gasteiger partial charge >= 0.3 is 0 Å². The Kier molecular flexibility index (Phi) is 4.55. The van der Waals surface area contributed by atoms with E-state index in [2.05, 4.69) is 26.1 Å². The number of fused-ring (bicyclic) bond motifs is 1. The van der Waals surface area contributed by atoms with Crippen molar-refractivity contribution in [1.29, 1.82) is 0 Å². The molecule has 1 aromatic carbocycles. The fraction of sp³-hybridized carbons (Fsp3) is 0.500. The highest BCUT2D eigenvalue weighted by Crippen LogP contribution is 2.36. The Balaban J connectivity index is 2.36. The van der Waals surface area contributed by atoms with Crippen molar-refractivity contribution in [1.82, 2.24) is 5.32 Å². The minimum absolute atomic E-state index is 0.620. The Hall–Kier alpha value is -1.68. The number of rotatable bonds is 6. The van der Waals surface area contributed by atoms with E-state index < -0.39 is 0 Å². The fourth-order valence-electron chi connectivity index (χ4n) is 2.29. The molecule has 110 valence electrons. The first-order valence-electron chi connectivity index (χ1n) is 6.91. The van der Waals surface area contributed by atoms with Crippen LogP contribution in [0.1, 0.15) is 25.2 Å². The Morgan fingerprint density at radius 2 is 1.95 bits per heavy atom. The first-order chi connectivity index (χ1) is 9.56. The molecule has 0 fully saturated rings. The first kappa shape index (κ1) is 14.7. The van der Waals surface area contributed by atoms with Crippen LogP contribution in [0.15, 0.2) is 16.5 Å². The van der Waals surface area contributed by atoms with Gasteiger partial charge in [-0.2, -0.15) is 0 Å². The Morgan fingerprint density at radius 1 is 1.20 bits per heavy atom. The van der Waals surface area contributed by atoms with Crippen LogP contribution in [0.3, 0.4) is 0 Å². The maximum absolute atomic E-state index is 5.94. The van der Waals surface area contributed by atoms with Gasteiger partial charge in [0.15, 0.2) is 0 Å². The van der Waals surface area contributed by atoms with Crippen LogP contribution in [-0.4, -0.2) is 20.8 Å². The van der Waals surface area contributed by atoms with Gasteiger partial charge in [-0.25, -0.2) is 0 Å². The van der Waals surface area contributed by atoms with E-state index in [9.17, 15) is 0 Å². The van der Waals surface area contributed by atoms with Crippen molar-refractivity contribution >= 4 is 11.0 Å². The van der Waals surface area contributed by atoms with E-state index in [1.54, 1.807) is 14.2 Å². The van der Waals surface area contributed by atoms with Gasteiger partial charge in [-0.1, -0.05) is 13.8 Å². The van der Waals surface area contributed by atoms with Crippen LogP contribution < -0.4 is 14.8 Å². The van der Waals surface area contributed by atoms with Crippen LogP contribution in [-0.2, 0) is 6.54 Å². The predicted molar refractivity (Wildman–Crippen MR) is 80.6 cm³/mol. The molecule has 0 aliphatic heterocycles. The highest BCUT2D eigenvalue weighted by atomic mass is 16.5. The second-order valence-corrected chi connectivity index (χ2v) is 5.38. The zero-order chi connectivity index (χ0) is 14.7. The molecule has 0 radical (unpaired) electrons. The smallest absolute Gasteiger partial charge is 0.142 e. The summed E-state index contributed by atoms with van der Waals surface area (Å²) in [7, 11) is 3.30. The largest absolute Gasteiger partial charge is 0.496 e. The summed E-state index contributed by atoms with van der Waals surface area (Å²) in [6, 6.07) is 3.78. The molecule has 0 bridgehead atoms. The van der Waals surface area contributed by atoms with Gasteiger partial charge in [0.05, 0.1) is 26.2 Å². The molecule has 0 atom stereocenters. The summed E-state index contributed by atoms with van der Waals surface area (Å²) in [5, 5.41) is 4.43. The number of nitrogens with one attached hydrogen (secondary N) is 1. The lowest BCUT2D eigenvalue weighted by molar-refractivity contribution is 0.396. The summed E-state index contributed by atoms with van der Waals surface area (Å²) in [6.45, 7) is 8.13. The molecule has 4 nitrogen and oxygen atoms in total. The molecule has 2 rings (SSSR count). The molecule has 20 heavy (non-hydrogen) atoms. The van der Waals surface area contributed by atoms with Crippen LogP contribution in [0.4, 0.5) is 0 Å². The molecule has 1 aromatic heterocycles. The van der Waals surface area contributed by atoms with Crippen LogP contribution in [0.25, 0.3) is 11.0 Å². The molecule has 4 heteroatoms. The third-order valence-corrected chi connectivity index (χ3v) is 3.36. The Bertz CT molecular complexity index is 587. The fourth-order valence-corrected chi connectivity index (χ4v) is 2.29. The summed E-state index contributed by atoms with van der Waals surface area (Å²) in [5.41, 5.74) is 1.93. The van der Waals surface area contributed by atoms with Gasteiger partial charge in [0.1, 0.15) is 22.8 Å². The normalized spacial score (nSPS) is 11.3. The second kappa shape index (κ2) is 6.18. The lowest BCUT2D eigenvalue weighted by Crippen LogP contribution is -2.18. The standard InChI is InChI=1S/C16H23NO3/c1-10(2)8-17-9-15-11(3)16-13(19-5)6-12(18-4)7-14(16)20-15/h6-7,10,17H,8-9H2,1-5H3. The molecular formula is C16H23NO3. The molecular weight excluding hydrogens is 254 g/mol. The number of hydrogen-bond acceptors (Lipinski definition) is 4. The van der Waals surface area contributed by atoms with Gasteiger partial charge in [0, 0.05) is 17.7 Å². The number of methoxy groups -OCH3 is 2. The highest BCUT2D eigenvalue weighted by Gasteiger charge is 2.16. The molecule has 0 saturated carbocycles. The monoisotopic (exact) mass is 277 g/mol. The highest BCUT2D eigenvalue weighted by molar-refractivity contribution is 5.89. The van der Waals surface area contributed by atoms with Crippen LogP contribution in [0.2, 0.25) is 0 Å². The van der Waals surface area contributed by atoms with E-state index in [-0.39, 0.29) is 0 Å². The molecule has 0 unspecified atom stereocenters. The third kappa shape index (κ3) is 2.90. The summed E-state index contributed by atoms with van der Waals surface area (Å²) >= 11 is 0. The van der Waals surface area contributed by atoms with E-state index in [0.717, 1.165) is 46.9 Å². The minimum atomic E-state index is 0.620. The van der Waals surface area contributed by atoms with Gasteiger partial charge in [-0.15, -0.1) is 0 Å². The second-order valence-electron chi connectivity index (χ2n) is 5.38. The molecule has 0 aliphatic rings. The minimum Gasteiger partial charge on any atom is -0.496 e. The van der Waals surface area contributed by atoms with Crippen molar-refractivity contribution in [2.75, 3.05) is 20.8 Å². The Morgan fingerprint density at radius 3 is 2.55 bits per heavy atom. The number of benzene rings is 1. The number of hydrogen-bond donors (Lipinski definition) is 1. The van der Waals surface area contributed by atoms with Crippen molar-refractivity contribution in [2.45, 2.75) is 27.3 Å². The number of ether oxygens (including phenoxy) is 2. The summed E-state index contributed by atoms with van der Waals surface area (Å²) in [4.78, 5) is 0. The average molecular weight is 277 g/mol. The first-order valence-corrected chi connectivity index (χ1v) is 6.91. The van der Waals surface area contributed by atoms with Gasteiger partial charge < -0.3 is 19.2 Å². The SMILES string of the molecule is COc1cc(OC)c2c(C)c(CNCC(C)C)oc2c1. The van der Waals surface area contributed by atoms with E-state index in [0.29, 0.717) is 5.92 Å². The van der Waals surface area contributed by atoms with E-state index in [1.807, 2.05) is 12.1 Å². The predicted octanol–water partition coefficient (Wildman–Crippen LogP) is 3.50. The summed E-state index contributed by atoms with van der Waals surface area (Å²) < 4.78 is 16.7. The van der Waals surface area contributed by atoms with Crippen LogP contribution >= 0.6 is 0 Å². The van der Waals surface area contributed by atoms with E-state index in [1.165, 1.54) is 0 Å².